The van der Waals surface area contributed by atoms with Crippen molar-refractivity contribution >= 4 is 11.4 Å². The largest absolute Gasteiger partial charge is 0.397 e. The van der Waals surface area contributed by atoms with Gasteiger partial charge in [-0.05, 0) is 37.0 Å². The first-order valence-corrected chi connectivity index (χ1v) is 6.37. The van der Waals surface area contributed by atoms with Crippen molar-refractivity contribution in [1.82, 2.24) is 0 Å². The monoisotopic (exact) mass is 236 g/mol. The first-order valence-electron chi connectivity index (χ1n) is 6.37. The molecule has 17 heavy (non-hydrogen) atoms. The predicted molar refractivity (Wildman–Crippen MR) is 70.6 cm³/mol. The molecule has 2 unspecified atom stereocenters. The van der Waals surface area contributed by atoms with E-state index in [0.717, 1.165) is 5.69 Å². The Hall–Kier alpha value is -1.25. The summed E-state index contributed by atoms with van der Waals surface area (Å²) in [4.78, 5) is 2.15. The Balaban J connectivity index is 2.23. The molecule has 2 atom stereocenters. The number of hydrogen-bond acceptors (Lipinski definition) is 2. The minimum Gasteiger partial charge on any atom is -0.397 e. The highest BCUT2D eigenvalue weighted by Crippen LogP contribution is 2.33. The Morgan fingerprint density at radius 3 is 2.71 bits per heavy atom. The molecule has 0 aliphatic heterocycles. The highest BCUT2D eigenvalue weighted by Gasteiger charge is 2.26. The molecular weight excluding hydrogens is 215 g/mol. The molecular formula is C14H21FN2. The summed E-state index contributed by atoms with van der Waals surface area (Å²) in [5, 5.41) is 0. The second kappa shape index (κ2) is 4.94. The van der Waals surface area contributed by atoms with Crippen molar-refractivity contribution < 1.29 is 4.39 Å². The molecule has 94 valence electrons. The summed E-state index contributed by atoms with van der Waals surface area (Å²) in [5.74, 6) is 0.431. The summed E-state index contributed by atoms with van der Waals surface area (Å²) in [6.45, 7) is 2.27. The fourth-order valence-corrected chi connectivity index (χ4v) is 2.87. The van der Waals surface area contributed by atoms with Gasteiger partial charge in [-0.15, -0.1) is 0 Å². The van der Waals surface area contributed by atoms with Gasteiger partial charge in [0.25, 0.3) is 0 Å². The Labute approximate surface area is 103 Å². The van der Waals surface area contributed by atoms with Crippen LogP contribution in [0.25, 0.3) is 0 Å². The van der Waals surface area contributed by atoms with E-state index in [0.29, 0.717) is 17.6 Å². The quantitative estimate of drug-likeness (QED) is 0.797. The molecule has 1 aromatic rings. The van der Waals surface area contributed by atoms with Crippen molar-refractivity contribution in [2.75, 3.05) is 17.7 Å². The van der Waals surface area contributed by atoms with Gasteiger partial charge in [0.15, 0.2) is 0 Å². The lowest BCUT2D eigenvalue weighted by molar-refractivity contribution is 0.321. The van der Waals surface area contributed by atoms with Crippen LogP contribution in [-0.2, 0) is 0 Å². The number of anilines is 2. The first-order chi connectivity index (χ1) is 8.09. The predicted octanol–water partition coefficient (Wildman–Crippen LogP) is 3.42. The zero-order chi connectivity index (χ0) is 12.4. The van der Waals surface area contributed by atoms with E-state index in [9.17, 15) is 4.39 Å². The average Bonchev–Trinajstić information content (AvgIpc) is 2.32. The average molecular weight is 236 g/mol. The Kier molecular flexibility index (Phi) is 3.55. The van der Waals surface area contributed by atoms with Gasteiger partial charge < -0.3 is 10.6 Å². The molecule has 1 aliphatic rings. The summed E-state index contributed by atoms with van der Waals surface area (Å²) in [7, 11) is 2.03. The lowest BCUT2D eigenvalue weighted by atomic mass is 9.85. The van der Waals surface area contributed by atoms with Crippen LogP contribution in [-0.4, -0.2) is 13.1 Å². The van der Waals surface area contributed by atoms with Crippen LogP contribution in [0, 0.1) is 11.7 Å². The first kappa shape index (κ1) is 12.2. The van der Waals surface area contributed by atoms with E-state index in [1.165, 1.54) is 37.8 Å². The van der Waals surface area contributed by atoms with Gasteiger partial charge in [-0.1, -0.05) is 19.8 Å². The molecule has 0 aromatic heterocycles. The van der Waals surface area contributed by atoms with Crippen molar-refractivity contribution in [3.63, 3.8) is 0 Å². The molecule has 2 N–H and O–H groups in total. The van der Waals surface area contributed by atoms with E-state index in [4.69, 9.17) is 5.73 Å². The minimum atomic E-state index is -0.218. The minimum absolute atomic E-state index is 0.218. The lowest BCUT2D eigenvalue weighted by Crippen LogP contribution is -2.39. The van der Waals surface area contributed by atoms with Crippen molar-refractivity contribution in [3.8, 4) is 0 Å². The van der Waals surface area contributed by atoms with Crippen LogP contribution in [0.1, 0.15) is 32.6 Å². The lowest BCUT2D eigenvalue weighted by Gasteiger charge is -2.38. The Morgan fingerprint density at radius 1 is 1.29 bits per heavy atom. The molecule has 1 fully saturated rings. The number of nitrogens with two attached hydrogens (primary N) is 1. The molecule has 3 heteroatoms. The van der Waals surface area contributed by atoms with Gasteiger partial charge in [-0.25, -0.2) is 4.39 Å². The number of nitrogens with zero attached hydrogens (tertiary/aromatic N) is 1. The summed E-state index contributed by atoms with van der Waals surface area (Å²) < 4.78 is 13.3. The van der Waals surface area contributed by atoms with E-state index >= 15 is 0 Å². The maximum absolute atomic E-state index is 13.3. The van der Waals surface area contributed by atoms with Crippen molar-refractivity contribution in [3.05, 3.63) is 24.0 Å². The number of nitrogen functional groups attached to an aromatic ring is 1. The van der Waals surface area contributed by atoms with Gasteiger partial charge in [-0.2, -0.15) is 0 Å². The fraction of sp³-hybridized carbons (Fsp3) is 0.571. The van der Waals surface area contributed by atoms with Crippen LogP contribution in [0.4, 0.5) is 15.8 Å². The van der Waals surface area contributed by atoms with Crippen LogP contribution in [0.2, 0.25) is 0 Å². The number of hydrogen-bond donors (Lipinski definition) is 1. The van der Waals surface area contributed by atoms with Gasteiger partial charge in [0.2, 0.25) is 0 Å². The Bertz CT molecular complexity index is 392. The molecule has 0 saturated heterocycles. The van der Waals surface area contributed by atoms with Crippen LogP contribution in [0.3, 0.4) is 0 Å². The van der Waals surface area contributed by atoms with E-state index in [2.05, 4.69) is 11.8 Å². The topological polar surface area (TPSA) is 29.3 Å². The van der Waals surface area contributed by atoms with Crippen molar-refractivity contribution in [2.24, 2.45) is 5.92 Å². The van der Waals surface area contributed by atoms with Crippen LogP contribution >= 0.6 is 0 Å². The van der Waals surface area contributed by atoms with E-state index in [-0.39, 0.29) is 5.82 Å². The molecule has 2 nitrogen and oxygen atoms in total. The summed E-state index contributed by atoms with van der Waals surface area (Å²) in [6, 6.07) is 5.08. The SMILES string of the molecule is CC1CCCCC1N(C)c1cc(F)ccc1N. The maximum atomic E-state index is 13.3. The fourth-order valence-electron chi connectivity index (χ4n) is 2.87. The molecule has 0 heterocycles. The smallest absolute Gasteiger partial charge is 0.125 e. The zero-order valence-corrected chi connectivity index (χ0v) is 10.6. The van der Waals surface area contributed by atoms with Crippen LogP contribution in [0.15, 0.2) is 18.2 Å². The van der Waals surface area contributed by atoms with Crippen LogP contribution < -0.4 is 10.6 Å². The number of halogens is 1. The number of rotatable bonds is 2. The zero-order valence-electron chi connectivity index (χ0n) is 10.6. The van der Waals surface area contributed by atoms with Gasteiger partial charge >= 0.3 is 0 Å². The van der Waals surface area contributed by atoms with E-state index in [1.807, 2.05) is 7.05 Å². The maximum Gasteiger partial charge on any atom is 0.125 e. The molecule has 1 aromatic carbocycles. The molecule has 2 rings (SSSR count). The molecule has 1 saturated carbocycles. The van der Waals surface area contributed by atoms with Crippen molar-refractivity contribution in [1.29, 1.82) is 0 Å². The molecule has 0 amide bonds. The normalized spacial score (nSPS) is 24.6. The molecule has 1 aliphatic carbocycles. The summed E-state index contributed by atoms with van der Waals surface area (Å²) in [6.07, 6.45) is 5.00. The van der Waals surface area contributed by atoms with Gasteiger partial charge in [0, 0.05) is 13.1 Å². The second-order valence-corrected chi connectivity index (χ2v) is 5.14. The summed E-state index contributed by atoms with van der Waals surface area (Å²) >= 11 is 0. The van der Waals surface area contributed by atoms with Crippen LogP contribution in [0.5, 0.6) is 0 Å². The molecule has 0 bridgehead atoms. The Morgan fingerprint density at radius 2 is 2.00 bits per heavy atom. The van der Waals surface area contributed by atoms with E-state index < -0.39 is 0 Å². The number of benzene rings is 1. The third-order valence-corrected chi connectivity index (χ3v) is 3.94. The molecule has 0 radical (unpaired) electrons. The highest BCUT2D eigenvalue weighted by molar-refractivity contribution is 5.67. The summed E-state index contributed by atoms with van der Waals surface area (Å²) in [5.41, 5.74) is 7.42. The third-order valence-electron chi connectivity index (χ3n) is 3.94. The second-order valence-electron chi connectivity index (χ2n) is 5.14. The van der Waals surface area contributed by atoms with E-state index in [1.54, 1.807) is 6.07 Å². The van der Waals surface area contributed by atoms with Gasteiger partial charge in [0.1, 0.15) is 5.82 Å². The van der Waals surface area contributed by atoms with Gasteiger partial charge in [-0.3, -0.25) is 0 Å². The highest BCUT2D eigenvalue weighted by atomic mass is 19.1. The van der Waals surface area contributed by atoms with Gasteiger partial charge in [0.05, 0.1) is 11.4 Å². The standard InChI is InChI=1S/C14H21FN2/c1-10-5-3-4-6-13(10)17(2)14-9-11(15)7-8-12(14)16/h7-10,13H,3-6,16H2,1-2H3. The van der Waals surface area contributed by atoms with Crippen molar-refractivity contribution in [2.45, 2.75) is 38.6 Å². The third kappa shape index (κ3) is 2.54. The molecule has 0 spiro atoms.